The quantitative estimate of drug-likeness (QED) is 0.173. The van der Waals surface area contributed by atoms with Crippen LogP contribution in [-0.2, 0) is 0 Å². The third-order valence-electron chi connectivity index (χ3n) is 12.2. The number of allylic oxidation sites excluding steroid dienone is 4. The molecule has 1 aliphatic rings. The Morgan fingerprint density at radius 3 is 1.79 bits per heavy atom. The Morgan fingerprint density at radius 1 is 0.377 bits per heavy atom. The molecule has 0 saturated heterocycles. The van der Waals surface area contributed by atoms with Gasteiger partial charge in [-0.1, -0.05) is 140 Å². The summed E-state index contributed by atoms with van der Waals surface area (Å²) in [7, 11) is 0. The van der Waals surface area contributed by atoms with E-state index in [4.69, 9.17) is 23.8 Å². The van der Waals surface area contributed by atoms with Gasteiger partial charge in [-0.15, -0.1) is 11.3 Å². The van der Waals surface area contributed by atoms with E-state index in [0.717, 1.165) is 106 Å². The topological polar surface area (TPSA) is 65.0 Å². The van der Waals surface area contributed by atoms with Crippen molar-refractivity contribution in [1.82, 2.24) is 15.0 Å². The standard InChI is InChI=1S/C55H33N3O2S/c1-2-14-32(15-3-1)53-56-54(58-55(57-53)43-24-13-29-48-51(43)41-19-7-9-28-47(41)61-48)39-31-30-35(33-16-4-5-17-34(33)39)36-20-11-27-46-50(36)42-23-10-22-38(52(42)60-46)37-21-12-26-45-49(37)40-18-6-8-25-44(40)59-45/h2,4-31H,1,3H2. The molecule has 0 aliphatic heterocycles. The third kappa shape index (κ3) is 5.29. The normalized spacial score (nSPS) is 13.1. The van der Waals surface area contributed by atoms with Crippen molar-refractivity contribution in [2.45, 2.75) is 12.8 Å². The molecule has 4 aromatic heterocycles. The molecule has 0 unspecified atom stereocenters. The Bertz CT molecular complexity index is 3850. The molecule has 12 aromatic rings. The maximum absolute atomic E-state index is 6.85. The maximum atomic E-state index is 6.85. The Hall–Kier alpha value is -7.67. The molecular formula is C55H33N3O2S. The van der Waals surface area contributed by atoms with Gasteiger partial charge in [-0.2, -0.15) is 0 Å². The highest BCUT2D eigenvalue weighted by atomic mass is 32.1. The largest absolute Gasteiger partial charge is 0.456 e. The number of hydrogen-bond donors (Lipinski definition) is 0. The average Bonchev–Trinajstić information content (AvgIpc) is 4.03. The molecule has 13 rings (SSSR count). The van der Waals surface area contributed by atoms with Crippen LogP contribution in [0.2, 0.25) is 0 Å². The molecule has 61 heavy (non-hydrogen) atoms. The minimum Gasteiger partial charge on any atom is -0.456 e. The van der Waals surface area contributed by atoms with Gasteiger partial charge in [0.05, 0.1) is 0 Å². The van der Waals surface area contributed by atoms with E-state index in [0.29, 0.717) is 17.5 Å². The number of rotatable bonds is 5. The van der Waals surface area contributed by atoms with Crippen LogP contribution >= 0.6 is 11.3 Å². The molecule has 0 amide bonds. The van der Waals surface area contributed by atoms with E-state index in [-0.39, 0.29) is 0 Å². The fourth-order valence-electron chi connectivity index (χ4n) is 9.50. The molecule has 0 N–H and O–H groups in total. The first kappa shape index (κ1) is 34.2. The van der Waals surface area contributed by atoms with Crippen molar-refractivity contribution in [3.8, 4) is 45.0 Å². The predicted octanol–water partition coefficient (Wildman–Crippen LogP) is 15.6. The number of benzene rings is 8. The summed E-state index contributed by atoms with van der Waals surface area (Å²) in [4.78, 5) is 15.8. The lowest BCUT2D eigenvalue weighted by molar-refractivity contribution is 0.668. The number of aromatic nitrogens is 3. The van der Waals surface area contributed by atoms with Gasteiger partial charge in [0, 0.05) is 64.0 Å². The van der Waals surface area contributed by atoms with E-state index in [9.17, 15) is 0 Å². The molecule has 5 nitrogen and oxygen atoms in total. The van der Waals surface area contributed by atoms with Crippen LogP contribution in [0, 0.1) is 0 Å². The Kier molecular flexibility index (Phi) is 7.53. The van der Waals surface area contributed by atoms with Gasteiger partial charge in [0.1, 0.15) is 22.3 Å². The number of thiophene rings is 1. The lowest BCUT2D eigenvalue weighted by Crippen LogP contribution is -2.03. The molecular weight excluding hydrogens is 767 g/mol. The van der Waals surface area contributed by atoms with Crippen molar-refractivity contribution in [1.29, 1.82) is 0 Å². The second kappa shape index (κ2) is 13.4. The van der Waals surface area contributed by atoms with Crippen LogP contribution in [0.3, 0.4) is 0 Å². The molecule has 4 heterocycles. The summed E-state index contributed by atoms with van der Waals surface area (Å²) in [6.07, 6.45) is 8.56. The first-order valence-corrected chi connectivity index (χ1v) is 21.5. The first-order valence-electron chi connectivity index (χ1n) is 20.7. The summed E-state index contributed by atoms with van der Waals surface area (Å²) in [5, 5.41) is 8.91. The van der Waals surface area contributed by atoms with Crippen LogP contribution in [0.25, 0.3) is 125 Å². The second-order valence-electron chi connectivity index (χ2n) is 15.7. The minimum absolute atomic E-state index is 0.650. The summed E-state index contributed by atoms with van der Waals surface area (Å²) >= 11 is 1.80. The van der Waals surface area contributed by atoms with E-state index in [1.165, 1.54) is 20.2 Å². The van der Waals surface area contributed by atoms with Crippen LogP contribution in [0.15, 0.2) is 185 Å². The summed E-state index contributed by atoms with van der Waals surface area (Å²) in [6.45, 7) is 0. The smallest absolute Gasteiger partial charge is 0.164 e. The fraction of sp³-hybridized carbons (Fsp3) is 0.0364. The fourth-order valence-corrected chi connectivity index (χ4v) is 10.6. The molecule has 0 saturated carbocycles. The van der Waals surface area contributed by atoms with Gasteiger partial charge in [-0.25, -0.2) is 15.0 Å². The van der Waals surface area contributed by atoms with Gasteiger partial charge in [-0.3, -0.25) is 0 Å². The van der Waals surface area contributed by atoms with Crippen LogP contribution in [-0.4, -0.2) is 15.0 Å². The van der Waals surface area contributed by atoms with E-state index in [1.54, 1.807) is 11.3 Å². The third-order valence-corrected chi connectivity index (χ3v) is 13.3. The highest BCUT2D eigenvalue weighted by molar-refractivity contribution is 7.25. The molecule has 0 radical (unpaired) electrons. The number of para-hydroxylation sites is 2. The van der Waals surface area contributed by atoms with Crippen molar-refractivity contribution in [3.63, 3.8) is 0 Å². The zero-order chi connectivity index (χ0) is 40.0. The van der Waals surface area contributed by atoms with Crippen molar-refractivity contribution in [2.75, 3.05) is 0 Å². The number of nitrogens with zero attached hydrogens (tertiary/aromatic N) is 3. The van der Waals surface area contributed by atoms with Crippen molar-refractivity contribution < 1.29 is 8.83 Å². The number of furan rings is 2. The zero-order valence-corrected chi connectivity index (χ0v) is 33.5. The van der Waals surface area contributed by atoms with Crippen molar-refractivity contribution in [2.24, 2.45) is 0 Å². The molecule has 0 fully saturated rings. The highest BCUT2D eigenvalue weighted by Crippen LogP contribution is 2.46. The maximum Gasteiger partial charge on any atom is 0.164 e. The van der Waals surface area contributed by atoms with E-state index >= 15 is 0 Å². The van der Waals surface area contributed by atoms with Gasteiger partial charge in [-0.05, 0) is 76.7 Å². The van der Waals surface area contributed by atoms with Gasteiger partial charge >= 0.3 is 0 Å². The van der Waals surface area contributed by atoms with E-state index in [1.807, 2.05) is 18.2 Å². The Balaban J connectivity index is 1.01. The zero-order valence-electron chi connectivity index (χ0n) is 32.7. The van der Waals surface area contributed by atoms with E-state index < -0.39 is 0 Å². The van der Waals surface area contributed by atoms with Crippen LogP contribution in [0.5, 0.6) is 0 Å². The summed E-state index contributed by atoms with van der Waals surface area (Å²) < 4.78 is 15.6. The molecule has 6 heteroatoms. The Labute approximate surface area is 353 Å². The van der Waals surface area contributed by atoms with Crippen LogP contribution < -0.4 is 0 Å². The minimum atomic E-state index is 0.650. The molecule has 0 spiro atoms. The van der Waals surface area contributed by atoms with E-state index in [2.05, 4.69) is 158 Å². The second-order valence-corrected chi connectivity index (χ2v) is 16.8. The molecule has 1 aliphatic carbocycles. The van der Waals surface area contributed by atoms with Gasteiger partial charge < -0.3 is 8.83 Å². The van der Waals surface area contributed by atoms with Gasteiger partial charge in [0.2, 0.25) is 0 Å². The molecule has 0 bridgehead atoms. The Morgan fingerprint density at radius 2 is 0.951 bits per heavy atom. The predicted molar refractivity (Wildman–Crippen MR) is 253 cm³/mol. The van der Waals surface area contributed by atoms with Crippen LogP contribution in [0.4, 0.5) is 0 Å². The monoisotopic (exact) mass is 799 g/mol. The summed E-state index contributed by atoms with van der Waals surface area (Å²) in [5.74, 6) is 2.01. The van der Waals surface area contributed by atoms with Crippen molar-refractivity contribution >= 4 is 91.7 Å². The lowest BCUT2D eigenvalue weighted by atomic mass is 9.91. The van der Waals surface area contributed by atoms with Gasteiger partial charge in [0.15, 0.2) is 17.5 Å². The molecule has 286 valence electrons. The highest BCUT2D eigenvalue weighted by Gasteiger charge is 2.22. The first-order chi connectivity index (χ1) is 30.2. The summed E-state index contributed by atoms with van der Waals surface area (Å²) in [6, 6.07) is 55.4. The SMILES string of the molecule is C1=CC(c2nc(-c3ccc(-c4cccc5oc6c(-c7cccc8oc9ccccc9c78)cccc6c45)c4ccccc34)nc(-c3cccc4sc5ccccc5c34)n2)=CCC1. The number of fused-ring (bicyclic) bond motifs is 10. The number of hydrogen-bond acceptors (Lipinski definition) is 6. The molecule has 0 atom stereocenters. The average molecular weight is 800 g/mol. The van der Waals surface area contributed by atoms with Crippen molar-refractivity contribution in [3.05, 3.63) is 182 Å². The lowest BCUT2D eigenvalue weighted by Gasteiger charge is -2.14. The molecule has 8 aromatic carbocycles. The summed E-state index contributed by atoms with van der Waals surface area (Å²) in [5.41, 5.74) is 10.8. The van der Waals surface area contributed by atoms with Crippen LogP contribution in [0.1, 0.15) is 18.7 Å². The van der Waals surface area contributed by atoms with Gasteiger partial charge in [0.25, 0.3) is 0 Å².